The maximum absolute atomic E-state index is 12.2. The summed E-state index contributed by atoms with van der Waals surface area (Å²) >= 11 is 0. The minimum absolute atomic E-state index is 0.169. The standard InChI is InChI=1S/C14H21NO3/c1-15(12(16)14(4-5-14)13(17)18)8-11-7-9-2-3-10(11)6-9/h9-11H,2-8H2,1H3,(H,17,18). The molecule has 0 heterocycles. The van der Waals surface area contributed by atoms with Crippen LogP contribution in [0, 0.1) is 23.2 Å². The molecule has 4 heteroatoms. The van der Waals surface area contributed by atoms with Crippen LogP contribution in [0.1, 0.15) is 38.5 Å². The molecule has 1 amide bonds. The third kappa shape index (κ3) is 1.73. The molecule has 3 rings (SSSR count). The summed E-state index contributed by atoms with van der Waals surface area (Å²) in [6.07, 6.45) is 6.27. The van der Waals surface area contributed by atoms with Gasteiger partial charge in [0, 0.05) is 13.6 Å². The van der Waals surface area contributed by atoms with Gasteiger partial charge in [-0.15, -0.1) is 0 Å². The second kappa shape index (κ2) is 3.97. The van der Waals surface area contributed by atoms with E-state index in [1.165, 1.54) is 25.7 Å². The third-order valence-corrected chi connectivity index (χ3v) is 5.31. The van der Waals surface area contributed by atoms with Crippen molar-refractivity contribution in [1.29, 1.82) is 0 Å². The van der Waals surface area contributed by atoms with E-state index in [1.807, 2.05) is 0 Å². The fourth-order valence-corrected chi connectivity index (χ4v) is 4.04. The van der Waals surface area contributed by atoms with E-state index in [4.69, 9.17) is 5.11 Å². The Hall–Kier alpha value is -1.06. The lowest BCUT2D eigenvalue weighted by Gasteiger charge is -2.28. The van der Waals surface area contributed by atoms with E-state index in [0.717, 1.165) is 18.4 Å². The van der Waals surface area contributed by atoms with Crippen LogP contribution in [-0.2, 0) is 9.59 Å². The average molecular weight is 251 g/mol. The molecular weight excluding hydrogens is 230 g/mol. The second-order valence-corrected chi connectivity index (χ2v) is 6.51. The van der Waals surface area contributed by atoms with Gasteiger partial charge in [-0.2, -0.15) is 0 Å². The van der Waals surface area contributed by atoms with Crippen molar-refractivity contribution in [3.8, 4) is 0 Å². The Balaban J connectivity index is 1.60. The SMILES string of the molecule is CN(CC1CC2CCC1C2)C(=O)C1(C(=O)O)CC1. The zero-order valence-electron chi connectivity index (χ0n) is 10.9. The first kappa shape index (κ1) is 12.0. The van der Waals surface area contributed by atoms with Crippen LogP contribution >= 0.6 is 0 Å². The molecule has 18 heavy (non-hydrogen) atoms. The van der Waals surface area contributed by atoms with Crippen molar-refractivity contribution in [1.82, 2.24) is 4.90 Å². The highest BCUT2D eigenvalue weighted by Crippen LogP contribution is 2.50. The zero-order chi connectivity index (χ0) is 12.9. The Bertz CT molecular complexity index is 389. The molecule has 0 aromatic heterocycles. The van der Waals surface area contributed by atoms with E-state index < -0.39 is 11.4 Å². The summed E-state index contributed by atoms with van der Waals surface area (Å²) in [6, 6.07) is 0. The molecule has 0 radical (unpaired) electrons. The number of aliphatic carboxylic acids is 1. The van der Waals surface area contributed by atoms with Crippen LogP contribution in [0.2, 0.25) is 0 Å². The number of carboxylic acid groups (broad SMARTS) is 1. The predicted octanol–water partition coefficient (Wildman–Crippen LogP) is 1.75. The summed E-state index contributed by atoms with van der Waals surface area (Å²) < 4.78 is 0. The molecule has 2 bridgehead atoms. The van der Waals surface area contributed by atoms with Crippen LogP contribution in [0.15, 0.2) is 0 Å². The molecule has 100 valence electrons. The number of amides is 1. The van der Waals surface area contributed by atoms with E-state index >= 15 is 0 Å². The number of hydrogen-bond acceptors (Lipinski definition) is 2. The van der Waals surface area contributed by atoms with Crippen LogP contribution in [0.5, 0.6) is 0 Å². The van der Waals surface area contributed by atoms with Gasteiger partial charge in [-0.3, -0.25) is 9.59 Å². The highest BCUT2D eigenvalue weighted by atomic mass is 16.4. The molecule has 3 fully saturated rings. The largest absolute Gasteiger partial charge is 0.480 e. The van der Waals surface area contributed by atoms with Crippen LogP contribution < -0.4 is 0 Å². The number of carboxylic acids is 1. The number of hydrogen-bond donors (Lipinski definition) is 1. The van der Waals surface area contributed by atoms with E-state index in [-0.39, 0.29) is 5.91 Å². The lowest BCUT2D eigenvalue weighted by molar-refractivity contribution is -0.153. The number of nitrogens with zero attached hydrogens (tertiary/aromatic N) is 1. The normalized spacial score (nSPS) is 35.5. The van der Waals surface area contributed by atoms with Gasteiger partial charge in [-0.25, -0.2) is 0 Å². The van der Waals surface area contributed by atoms with Gasteiger partial charge in [0.2, 0.25) is 5.91 Å². The van der Waals surface area contributed by atoms with Crippen LogP contribution in [-0.4, -0.2) is 35.5 Å². The molecule has 0 saturated heterocycles. The Morgan fingerprint density at radius 2 is 2.00 bits per heavy atom. The molecular formula is C14H21NO3. The van der Waals surface area contributed by atoms with Gasteiger partial charge < -0.3 is 10.0 Å². The first-order valence-electron chi connectivity index (χ1n) is 7.02. The maximum atomic E-state index is 12.2. The Morgan fingerprint density at radius 3 is 2.44 bits per heavy atom. The zero-order valence-corrected chi connectivity index (χ0v) is 10.9. The minimum Gasteiger partial charge on any atom is -0.480 e. The third-order valence-electron chi connectivity index (χ3n) is 5.31. The topological polar surface area (TPSA) is 57.6 Å². The van der Waals surface area contributed by atoms with Crippen LogP contribution in [0.25, 0.3) is 0 Å². The highest BCUT2D eigenvalue weighted by Gasteiger charge is 2.58. The van der Waals surface area contributed by atoms with Crippen LogP contribution in [0.3, 0.4) is 0 Å². The summed E-state index contributed by atoms with van der Waals surface area (Å²) in [4.78, 5) is 25.0. The summed E-state index contributed by atoms with van der Waals surface area (Å²) in [5, 5.41) is 9.14. The molecule has 4 nitrogen and oxygen atoms in total. The smallest absolute Gasteiger partial charge is 0.319 e. The summed E-state index contributed by atoms with van der Waals surface area (Å²) in [7, 11) is 1.78. The van der Waals surface area contributed by atoms with Crippen molar-refractivity contribution in [2.45, 2.75) is 38.5 Å². The number of rotatable bonds is 4. The van der Waals surface area contributed by atoms with Gasteiger partial charge >= 0.3 is 5.97 Å². The van der Waals surface area contributed by atoms with Gasteiger partial charge in [-0.05, 0) is 49.9 Å². The monoisotopic (exact) mass is 251 g/mol. The summed E-state index contributed by atoms with van der Waals surface area (Å²) in [5.74, 6) is 1.16. The number of fused-ring (bicyclic) bond motifs is 2. The first-order valence-corrected chi connectivity index (χ1v) is 7.02. The van der Waals surface area contributed by atoms with Gasteiger partial charge in [0.05, 0.1) is 0 Å². The Labute approximate surface area is 107 Å². The van der Waals surface area contributed by atoms with E-state index in [2.05, 4.69) is 0 Å². The fourth-order valence-electron chi connectivity index (χ4n) is 4.04. The molecule has 0 spiro atoms. The first-order chi connectivity index (χ1) is 8.53. The predicted molar refractivity (Wildman–Crippen MR) is 65.9 cm³/mol. The molecule has 0 aromatic carbocycles. The fraction of sp³-hybridized carbons (Fsp3) is 0.857. The molecule has 3 atom stereocenters. The van der Waals surface area contributed by atoms with Crippen molar-refractivity contribution < 1.29 is 14.7 Å². The van der Waals surface area contributed by atoms with Gasteiger partial charge in [0.25, 0.3) is 0 Å². The molecule has 0 aromatic rings. The van der Waals surface area contributed by atoms with Crippen molar-refractivity contribution in [3.63, 3.8) is 0 Å². The summed E-state index contributed by atoms with van der Waals surface area (Å²) in [5.41, 5.74) is -1.06. The lowest BCUT2D eigenvalue weighted by atomic mass is 9.88. The summed E-state index contributed by atoms with van der Waals surface area (Å²) in [6.45, 7) is 0.759. The highest BCUT2D eigenvalue weighted by molar-refractivity contribution is 6.04. The number of carbonyl (C=O) groups excluding carboxylic acids is 1. The molecule has 1 N–H and O–H groups in total. The molecule has 3 aliphatic carbocycles. The Kier molecular flexibility index (Phi) is 2.65. The maximum Gasteiger partial charge on any atom is 0.319 e. The molecule has 3 unspecified atom stereocenters. The van der Waals surface area contributed by atoms with Gasteiger partial charge in [0.1, 0.15) is 5.41 Å². The van der Waals surface area contributed by atoms with E-state index in [9.17, 15) is 9.59 Å². The lowest BCUT2D eigenvalue weighted by Crippen LogP contribution is -2.41. The van der Waals surface area contributed by atoms with Crippen molar-refractivity contribution in [2.24, 2.45) is 23.2 Å². The van der Waals surface area contributed by atoms with Gasteiger partial charge in [-0.1, -0.05) is 6.42 Å². The Morgan fingerprint density at radius 1 is 1.28 bits per heavy atom. The van der Waals surface area contributed by atoms with Crippen molar-refractivity contribution >= 4 is 11.9 Å². The van der Waals surface area contributed by atoms with Crippen molar-refractivity contribution in [2.75, 3.05) is 13.6 Å². The molecule has 3 saturated carbocycles. The van der Waals surface area contributed by atoms with Gasteiger partial charge in [0.15, 0.2) is 0 Å². The van der Waals surface area contributed by atoms with Crippen LogP contribution in [0.4, 0.5) is 0 Å². The molecule has 3 aliphatic rings. The quantitative estimate of drug-likeness (QED) is 0.774. The average Bonchev–Trinajstić information content (AvgIpc) is 2.91. The number of carbonyl (C=O) groups is 2. The molecule has 0 aliphatic heterocycles. The van der Waals surface area contributed by atoms with Crippen molar-refractivity contribution in [3.05, 3.63) is 0 Å². The van der Waals surface area contributed by atoms with E-state index in [0.29, 0.717) is 18.8 Å². The second-order valence-electron chi connectivity index (χ2n) is 6.51. The van der Waals surface area contributed by atoms with E-state index in [1.54, 1.807) is 11.9 Å². The minimum atomic E-state index is -1.06.